The average molecular weight is 264 g/mol. The van der Waals surface area contributed by atoms with Crippen LogP contribution >= 0.6 is 0 Å². The maximum atomic E-state index is 11.2. The third-order valence-corrected chi connectivity index (χ3v) is 2.08. The van der Waals surface area contributed by atoms with Gasteiger partial charge in [0.05, 0.1) is 13.3 Å². The van der Waals surface area contributed by atoms with Gasteiger partial charge in [0, 0.05) is 6.42 Å². The van der Waals surface area contributed by atoms with E-state index in [9.17, 15) is 4.79 Å². The molecule has 0 aliphatic carbocycles. The Morgan fingerprint density at radius 3 is 2.68 bits per heavy atom. The van der Waals surface area contributed by atoms with E-state index in [-0.39, 0.29) is 18.3 Å². The third kappa shape index (κ3) is 4.66. The number of nitrogens with two attached hydrogens (primary N) is 2. The number of ether oxygens (including phenoxy) is 2. The number of nitrogens with zero attached hydrogens (tertiary/aromatic N) is 2. The molecule has 0 radical (unpaired) electrons. The molecule has 0 aliphatic rings. The Balaban J connectivity index is 2.92. The molecular formula is C12H16N4O3. The average Bonchev–Trinajstić information content (AvgIpc) is 2.39. The van der Waals surface area contributed by atoms with E-state index in [0.717, 1.165) is 0 Å². The van der Waals surface area contributed by atoms with Crippen molar-refractivity contribution >= 4 is 18.1 Å². The zero-order valence-electron chi connectivity index (χ0n) is 10.8. The van der Waals surface area contributed by atoms with Gasteiger partial charge < -0.3 is 20.9 Å². The van der Waals surface area contributed by atoms with Crippen molar-refractivity contribution in [2.75, 3.05) is 7.11 Å². The third-order valence-electron chi connectivity index (χ3n) is 2.08. The summed E-state index contributed by atoms with van der Waals surface area (Å²) in [6.45, 7) is 1.71. The van der Waals surface area contributed by atoms with Crippen LogP contribution in [0.1, 0.15) is 18.9 Å². The molecule has 0 aliphatic heterocycles. The van der Waals surface area contributed by atoms with Gasteiger partial charge in [-0.3, -0.25) is 4.79 Å². The minimum Gasteiger partial charge on any atom is -0.493 e. The maximum absolute atomic E-state index is 11.2. The first-order valence-electron chi connectivity index (χ1n) is 5.57. The van der Waals surface area contributed by atoms with Crippen LogP contribution in [0.4, 0.5) is 0 Å². The van der Waals surface area contributed by atoms with Crippen LogP contribution in [0.3, 0.4) is 0 Å². The van der Waals surface area contributed by atoms with Crippen LogP contribution in [0.5, 0.6) is 11.5 Å². The van der Waals surface area contributed by atoms with E-state index < -0.39 is 0 Å². The highest BCUT2D eigenvalue weighted by Gasteiger charge is 2.08. The summed E-state index contributed by atoms with van der Waals surface area (Å²) in [7, 11) is 1.48. The van der Waals surface area contributed by atoms with Crippen LogP contribution in [0.15, 0.2) is 28.4 Å². The van der Waals surface area contributed by atoms with E-state index in [1.165, 1.54) is 13.3 Å². The molecule has 0 spiro atoms. The van der Waals surface area contributed by atoms with Crippen LogP contribution in [-0.4, -0.2) is 25.3 Å². The second kappa shape index (κ2) is 7.00. The summed E-state index contributed by atoms with van der Waals surface area (Å²) in [4.78, 5) is 11.2. The van der Waals surface area contributed by atoms with E-state index >= 15 is 0 Å². The van der Waals surface area contributed by atoms with Crippen LogP contribution in [0.25, 0.3) is 0 Å². The van der Waals surface area contributed by atoms with Crippen molar-refractivity contribution in [1.29, 1.82) is 0 Å². The Bertz CT molecular complexity index is 508. The summed E-state index contributed by atoms with van der Waals surface area (Å²) >= 11 is 0. The minimum absolute atomic E-state index is 0.128. The molecule has 1 rings (SSSR count). The molecule has 19 heavy (non-hydrogen) atoms. The Kier molecular flexibility index (Phi) is 5.34. The molecule has 0 aromatic heterocycles. The fourth-order valence-electron chi connectivity index (χ4n) is 1.21. The molecule has 1 aromatic carbocycles. The molecule has 7 nitrogen and oxygen atoms in total. The van der Waals surface area contributed by atoms with E-state index in [2.05, 4.69) is 10.2 Å². The first-order chi connectivity index (χ1) is 9.06. The van der Waals surface area contributed by atoms with E-state index in [1.807, 2.05) is 0 Å². The second-order valence-electron chi connectivity index (χ2n) is 3.51. The first kappa shape index (κ1) is 14.5. The van der Waals surface area contributed by atoms with Gasteiger partial charge in [0.2, 0.25) is 5.96 Å². The lowest BCUT2D eigenvalue weighted by Gasteiger charge is -2.08. The van der Waals surface area contributed by atoms with Gasteiger partial charge in [0.15, 0.2) is 11.5 Å². The fourth-order valence-corrected chi connectivity index (χ4v) is 1.21. The highest BCUT2D eigenvalue weighted by atomic mass is 16.6. The predicted octanol–water partition coefficient (Wildman–Crippen LogP) is 0.618. The number of guanidine groups is 1. The topological polar surface area (TPSA) is 112 Å². The number of methoxy groups -OCH3 is 1. The van der Waals surface area contributed by atoms with Crippen molar-refractivity contribution in [2.24, 2.45) is 21.7 Å². The SMILES string of the molecule is CCC(=O)Oc1ccc(C=NN=C(N)N)cc1OC. The lowest BCUT2D eigenvalue weighted by Crippen LogP contribution is -2.21. The number of rotatable bonds is 5. The second-order valence-corrected chi connectivity index (χ2v) is 3.51. The molecule has 0 fully saturated rings. The smallest absolute Gasteiger partial charge is 0.311 e. The van der Waals surface area contributed by atoms with Gasteiger partial charge in [-0.2, -0.15) is 5.10 Å². The number of esters is 1. The van der Waals surface area contributed by atoms with E-state index in [1.54, 1.807) is 25.1 Å². The van der Waals surface area contributed by atoms with Crippen molar-refractivity contribution in [3.63, 3.8) is 0 Å². The standard InChI is InChI=1S/C12H16N4O3/c1-3-11(17)19-9-5-4-8(6-10(9)18-2)7-15-16-12(13)14/h4-7H,3H2,1-2H3,(H4,13,14,16). The number of hydrogen-bond donors (Lipinski definition) is 2. The molecule has 4 N–H and O–H groups in total. The Labute approximate surface area is 110 Å². The predicted molar refractivity (Wildman–Crippen MR) is 72.3 cm³/mol. The van der Waals surface area contributed by atoms with Crippen molar-refractivity contribution in [1.82, 2.24) is 0 Å². The summed E-state index contributed by atoms with van der Waals surface area (Å²) in [6.07, 6.45) is 1.74. The molecule has 102 valence electrons. The van der Waals surface area contributed by atoms with E-state index in [0.29, 0.717) is 17.1 Å². The van der Waals surface area contributed by atoms with Gasteiger partial charge >= 0.3 is 5.97 Å². The summed E-state index contributed by atoms with van der Waals surface area (Å²) in [6, 6.07) is 4.97. The van der Waals surface area contributed by atoms with Gasteiger partial charge in [0.25, 0.3) is 0 Å². The molecule has 0 amide bonds. The Morgan fingerprint density at radius 1 is 1.37 bits per heavy atom. The molecule has 0 bridgehead atoms. The van der Waals surface area contributed by atoms with Crippen molar-refractivity contribution in [2.45, 2.75) is 13.3 Å². The molecule has 0 heterocycles. The van der Waals surface area contributed by atoms with Crippen molar-refractivity contribution in [3.8, 4) is 11.5 Å². The molecule has 0 atom stereocenters. The molecule has 1 aromatic rings. The maximum Gasteiger partial charge on any atom is 0.311 e. The van der Waals surface area contributed by atoms with Gasteiger partial charge in [0.1, 0.15) is 0 Å². The quantitative estimate of drug-likeness (QED) is 0.266. The highest BCUT2D eigenvalue weighted by Crippen LogP contribution is 2.27. The number of carbonyl (C=O) groups is 1. The summed E-state index contributed by atoms with van der Waals surface area (Å²) < 4.78 is 10.2. The number of hydrogen-bond acceptors (Lipinski definition) is 5. The zero-order chi connectivity index (χ0) is 14.3. The van der Waals surface area contributed by atoms with Gasteiger partial charge in [-0.25, -0.2) is 0 Å². The Hall–Kier alpha value is -2.57. The van der Waals surface area contributed by atoms with Crippen LogP contribution in [0, 0.1) is 0 Å². The van der Waals surface area contributed by atoms with Gasteiger partial charge in [-0.1, -0.05) is 6.92 Å². The van der Waals surface area contributed by atoms with Gasteiger partial charge in [-0.05, 0) is 23.8 Å². The van der Waals surface area contributed by atoms with Crippen LogP contribution in [0.2, 0.25) is 0 Å². The fraction of sp³-hybridized carbons (Fsp3) is 0.250. The summed E-state index contributed by atoms with van der Waals surface area (Å²) in [5.41, 5.74) is 11.0. The first-order valence-corrected chi connectivity index (χ1v) is 5.57. The van der Waals surface area contributed by atoms with Crippen molar-refractivity contribution < 1.29 is 14.3 Å². The van der Waals surface area contributed by atoms with Crippen LogP contribution < -0.4 is 20.9 Å². The summed E-state index contributed by atoms with van der Waals surface area (Å²) in [5, 5.41) is 7.15. The lowest BCUT2D eigenvalue weighted by molar-refractivity contribution is -0.134. The molecule has 0 saturated carbocycles. The normalized spacial score (nSPS) is 10.2. The molecule has 7 heteroatoms. The molecular weight excluding hydrogens is 248 g/mol. The lowest BCUT2D eigenvalue weighted by atomic mass is 10.2. The largest absolute Gasteiger partial charge is 0.493 e. The zero-order valence-corrected chi connectivity index (χ0v) is 10.8. The van der Waals surface area contributed by atoms with E-state index in [4.69, 9.17) is 20.9 Å². The van der Waals surface area contributed by atoms with Crippen LogP contribution in [-0.2, 0) is 4.79 Å². The Morgan fingerprint density at radius 2 is 2.11 bits per heavy atom. The molecule has 0 unspecified atom stereocenters. The summed E-state index contributed by atoms with van der Waals surface area (Å²) in [5.74, 6) is 0.320. The minimum atomic E-state index is -0.333. The number of benzene rings is 1. The number of carbonyl (C=O) groups excluding carboxylic acids is 1. The van der Waals surface area contributed by atoms with Gasteiger partial charge in [-0.15, -0.1) is 5.10 Å². The molecule has 0 saturated heterocycles. The highest BCUT2D eigenvalue weighted by molar-refractivity contribution is 5.83. The monoisotopic (exact) mass is 264 g/mol. The van der Waals surface area contributed by atoms with Crippen molar-refractivity contribution in [3.05, 3.63) is 23.8 Å².